The standard InChI is InChI=1S/C15H12N2O2/c1-3-7-11(8-4-1)13-15(12-9-5-2-6-10-12)17-14(16-13)18-19-15/h1-10,14,17H/i14+1,16+1,17+1. The van der Waals surface area contributed by atoms with Gasteiger partial charge in [-0.1, -0.05) is 60.7 Å². The minimum absolute atomic E-state index is 0.435. The van der Waals surface area contributed by atoms with Gasteiger partial charge in [-0.25, -0.2) is 10.3 Å². The van der Waals surface area contributed by atoms with E-state index < -0.39 is 12.1 Å². The Labute approximate surface area is 110 Å². The maximum atomic E-state index is 5.55. The van der Waals surface area contributed by atoms with Crippen molar-refractivity contribution in [2.24, 2.45) is 4.99 Å². The monoisotopic (exact) mass is 255 g/mol. The van der Waals surface area contributed by atoms with Crippen LogP contribution in [0.1, 0.15) is 11.1 Å². The number of aliphatic imine (C=N–C) groups is 1. The highest BCUT2D eigenvalue weighted by atomic mass is 17.3. The van der Waals surface area contributed by atoms with Crippen molar-refractivity contribution in [2.45, 2.75) is 12.1 Å². The molecule has 2 atom stereocenters. The third kappa shape index (κ3) is 1.55. The Morgan fingerprint density at radius 2 is 1.63 bits per heavy atom. The number of hydrogen-bond acceptors (Lipinski definition) is 4. The molecule has 0 aliphatic carbocycles. The van der Waals surface area contributed by atoms with Gasteiger partial charge in [0.15, 0.2) is 0 Å². The summed E-state index contributed by atoms with van der Waals surface area (Å²) in [5, 5.41) is 3.26. The molecule has 2 unspecified atom stereocenters. The molecule has 2 heterocycles. The maximum Gasteiger partial charge on any atom is 0.240 e. The number of fused-ring (bicyclic) bond motifs is 2. The fourth-order valence-corrected chi connectivity index (χ4v) is 2.52. The van der Waals surface area contributed by atoms with E-state index in [1.807, 2.05) is 60.7 Å². The highest BCUT2D eigenvalue weighted by Gasteiger charge is 2.53. The van der Waals surface area contributed by atoms with E-state index in [4.69, 9.17) is 9.78 Å². The summed E-state index contributed by atoms with van der Waals surface area (Å²) in [6.07, 6.45) is -0.435. The van der Waals surface area contributed by atoms with Crippen molar-refractivity contribution >= 4 is 5.71 Å². The summed E-state index contributed by atoms with van der Waals surface area (Å²) >= 11 is 0. The lowest BCUT2D eigenvalue weighted by Gasteiger charge is -2.26. The van der Waals surface area contributed by atoms with Crippen LogP contribution in [-0.2, 0) is 15.5 Å². The summed E-state index contributed by atoms with van der Waals surface area (Å²) in [6.45, 7) is 0. The van der Waals surface area contributed by atoms with Gasteiger partial charge >= 0.3 is 0 Å². The third-order valence-electron chi connectivity index (χ3n) is 3.40. The molecule has 94 valence electrons. The van der Waals surface area contributed by atoms with E-state index in [2.05, 4.69) is 10.3 Å². The van der Waals surface area contributed by atoms with Crippen LogP contribution in [0.15, 0.2) is 65.7 Å². The van der Waals surface area contributed by atoms with Gasteiger partial charge in [-0.15, -0.1) is 0 Å². The van der Waals surface area contributed by atoms with E-state index in [-0.39, 0.29) is 0 Å². The molecule has 1 N–H and O–H groups in total. The molecule has 2 aromatic rings. The average molecular weight is 255 g/mol. The van der Waals surface area contributed by atoms with Gasteiger partial charge in [0, 0.05) is 11.1 Å². The smallest absolute Gasteiger partial charge is 0.235 e. The van der Waals surface area contributed by atoms with Gasteiger partial charge in [0.1, 0.15) is 5.71 Å². The van der Waals surface area contributed by atoms with Crippen LogP contribution in [-0.4, -0.2) is 12.1 Å². The number of nitrogens with one attached hydrogen (secondary N) is 1. The topological polar surface area (TPSA) is 42.9 Å². The van der Waals surface area contributed by atoms with Crippen LogP contribution in [0.4, 0.5) is 0 Å². The Morgan fingerprint density at radius 3 is 2.32 bits per heavy atom. The van der Waals surface area contributed by atoms with Crippen molar-refractivity contribution in [3.05, 3.63) is 71.8 Å². The van der Waals surface area contributed by atoms with Crippen molar-refractivity contribution in [1.82, 2.24) is 5.32 Å². The van der Waals surface area contributed by atoms with E-state index in [0.717, 1.165) is 16.8 Å². The number of rotatable bonds is 2. The average Bonchev–Trinajstić information content (AvgIpc) is 3.08. The summed E-state index contributed by atoms with van der Waals surface area (Å²) in [5.74, 6) is 0. The van der Waals surface area contributed by atoms with Crippen molar-refractivity contribution in [2.75, 3.05) is 0 Å². The molecule has 4 heteroatoms. The van der Waals surface area contributed by atoms with Crippen molar-refractivity contribution < 1.29 is 9.78 Å². The second-order valence-electron chi connectivity index (χ2n) is 4.57. The van der Waals surface area contributed by atoms with Crippen LogP contribution >= 0.6 is 0 Å². The molecule has 0 amide bonds. The molecule has 1 fully saturated rings. The molecule has 2 aliphatic heterocycles. The van der Waals surface area contributed by atoms with Gasteiger partial charge in [0.2, 0.25) is 12.1 Å². The number of benzene rings is 2. The number of hydrogen-bond donors (Lipinski definition) is 1. The van der Waals surface area contributed by atoms with Crippen LogP contribution < -0.4 is 5.32 Å². The fourth-order valence-electron chi connectivity index (χ4n) is 2.52. The first-order chi connectivity index (χ1) is 9.38. The van der Waals surface area contributed by atoms with Crippen LogP contribution in [0.2, 0.25) is 0 Å². The first-order valence-corrected chi connectivity index (χ1v) is 6.20. The zero-order valence-electron chi connectivity index (χ0n) is 10.1. The van der Waals surface area contributed by atoms with Gasteiger partial charge < -0.3 is 0 Å². The minimum Gasteiger partial charge on any atom is -0.235 e. The molecule has 4 nitrogen and oxygen atoms in total. The number of nitrogens with zero attached hydrogens (tertiary/aromatic N) is 1. The van der Waals surface area contributed by atoms with Crippen LogP contribution in [0, 0.1) is 0 Å². The third-order valence-corrected chi connectivity index (χ3v) is 3.40. The van der Waals surface area contributed by atoms with E-state index in [1.54, 1.807) is 0 Å². The molecule has 1 saturated heterocycles. The Hall–Kier alpha value is -2.01. The molecule has 2 aliphatic rings. The Bertz CT molecular complexity index is 627. The van der Waals surface area contributed by atoms with Gasteiger partial charge in [0.05, 0.1) is 0 Å². The predicted molar refractivity (Wildman–Crippen MR) is 70.2 cm³/mol. The van der Waals surface area contributed by atoms with Crippen molar-refractivity contribution in [3.63, 3.8) is 0 Å². The van der Waals surface area contributed by atoms with Gasteiger partial charge in [-0.05, 0) is 0 Å². The zero-order valence-corrected chi connectivity index (χ0v) is 10.1. The largest absolute Gasteiger partial charge is 0.240 e. The van der Waals surface area contributed by atoms with Crippen LogP contribution in [0.3, 0.4) is 0 Å². The van der Waals surface area contributed by atoms with Gasteiger partial charge in [-0.2, -0.15) is 9.78 Å². The Balaban J connectivity index is 1.86. The van der Waals surface area contributed by atoms with E-state index >= 15 is 0 Å². The second kappa shape index (κ2) is 3.99. The molecular formula is C15H12N2O2. The SMILES string of the molecule is c1ccc(C2=[15N][13CH]3[15NH]C2(c2ccccc2)OO3)cc1. The lowest BCUT2D eigenvalue weighted by Crippen LogP contribution is -2.43. The first-order valence-electron chi connectivity index (χ1n) is 6.20. The maximum absolute atomic E-state index is 5.55. The minimum atomic E-state index is -0.798. The highest BCUT2D eigenvalue weighted by molar-refractivity contribution is 6.08. The quantitative estimate of drug-likeness (QED) is 0.508. The summed E-state index contributed by atoms with van der Waals surface area (Å²) in [5.41, 5.74) is 2.07. The zero-order chi connectivity index (χ0) is 12.7. The summed E-state index contributed by atoms with van der Waals surface area (Å²) in [6, 6.07) is 19.9. The molecule has 0 spiro atoms. The van der Waals surface area contributed by atoms with Crippen molar-refractivity contribution in [1.29, 1.82) is 0 Å². The molecule has 0 radical (unpaired) electrons. The molecule has 2 bridgehead atoms. The van der Waals surface area contributed by atoms with E-state index in [9.17, 15) is 0 Å². The molecule has 19 heavy (non-hydrogen) atoms. The Morgan fingerprint density at radius 1 is 0.947 bits per heavy atom. The van der Waals surface area contributed by atoms with Gasteiger partial charge in [-0.3, -0.25) is 0 Å². The summed E-state index contributed by atoms with van der Waals surface area (Å²) in [4.78, 5) is 15.2. The lowest BCUT2D eigenvalue weighted by molar-refractivity contribution is -0.319. The van der Waals surface area contributed by atoms with Crippen LogP contribution in [0.25, 0.3) is 0 Å². The van der Waals surface area contributed by atoms with Crippen molar-refractivity contribution in [3.8, 4) is 0 Å². The Kier molecular flexibility index (Phi) is 2.29. The molecule has 4 rings (SSSR count). The van der Waals surface area contributed by atoms with E-state index in [1.165, 1.54) is 0 Å². The lowest BCUT2D eigenvalue weighted by atomic mass is 9.95. The normalized spacial score (nSPS) is 28.4. The molecule has 2 aromatic carbocycles. The predicted octanol–water partition coefficient (Wildman–Crippen LogP) is 2.18. The summed E-state index contributed by atoms with van der Waals surface area (Å²) < 4.78 is 0. The first kappa shape index (κ1) is 10.9. The van der Waals surface area contributed by atoms with Crippen LogP contribution in [0.5, 0.6) is 0 Å². The second-order valence-corrected chi connectivity index (χ2v) is 4.57. The highest BCUT2D eigenvalue weighted by Crippen LogP contribution is 2.38. The molecule has 0 aromatic heterocycles. The fraction of sp³-hybridized carbons (Fsp3) is 0.133. The summed E-state index contributed by atoms with van der Waals surface area (Å²) in [7, 11) is 0. The van der Waals surface area contributed by atoms with Gasteiger partial charge in [0.25, 0.3) is 0 Å². The van der Waals surface area contributed by atoms with E-state index in [0.29, 0.717) is 0 Å². The molecule has 0 saturated carbocycles. The molecular weight excluding hydrogens is 243 g/mol.